The number of anilines is 1. The van der Waals surface area contributed by atoms with Crippen molar-refractivity contribution >= 4 is 40.5 Å². The van der Waals surface area contributed by atoms with E-state index in [1.54, 1.807) is 12.1 Å². The van der Waals surface area contributed by atoms with Crippen LogP contribution in [0.5, 0.6) is 0 Å². The molecule has 0 fully saturated rings. The molecule has 0 saturated carbocycles. The van der Waals surface area contributed by atoms with Crippen molar-refractivity contribution in [1.29, 1.82) is 5.26 Å². The highest BCUT2D eigenvalue weighted by molar-refractivity contribution is 6.48. The Balaban J connectivity index is 2.67. The summed E-state index contributed by atoms with van der Waals surface area (Å²) >= 11 is 17.8. The van der Waals surface area contributed by atoms with Crippen molar-refractivity contribution in [3.8, 4) is 17.3 Å². The van der Waals surface area contributed by atoms with Gasteiger partial charge in [0, 0.05) is 11.8 Å². The number of hydrogen-bond donors (Lipinski definition) is 1. The van der Waals surface area contributed by atoms with Crippen LogP contribution in [-0.2, 0) is 0 Å². The molecule has 2 rings (SSSR count). The first-order valence-electron chi connectivity index (χ1n) is 4.84. The normalized spacial score (nSPS) is 10.1. The van der Waals surface area contributed by atoms with E-state index in [4.69, 9.17) is 45.8 Å². The minimum Gasteiger partial charge on any atom is -0.396 e. The number of hydrogen-bond acceptors (Lipinski definition) is 3. The standard InChI is InChI=1S/C12H6Cl3N3/c13-8-3-7(4-9(14)10(8)15)12-11(17)6(5-16)1-2-18-12/h1-4H,17H2. The SMILES string of the molecule is N#Cc1ccnc(-c2cc(Cl)c(Cl)c(Cl)c2)c1N. The van der Waals surface area contributed by atoms with Gasteiger partial charge in [0.05, 0.1) is 32.0 Å². The number of benzene rings is 1. The van der Waals surface area contributed by atoms with E-state index in [0.717, 1.165) is 0 Å². The second-order valence-electron chi connectivity index (χ2n) is 3.49. The lowest BCUT2D eigenvalue weighted by molar-refractivity contribution is 1.31. The Hall–Kier alpha value is -1.47. The van der Waals surface area contributed by atoms with E-state index in [9.17, 15) is 0 Å². The number of pyridine rings is 1. The number of nitrogen functional groups attached to an aromatic ring is 1. The largest absolute Gasteiger partial charge is 0.396 e. The van der Waals surface area contributed by atoms with Crippen LogP contribution in [-0.4, -0.2) is 4.98 Å². The topological polar surface area (TPSA) is 62.7 Å². The fourth-order valence-electron chi connectivity index (χ4n) is 1.49. The molecule has 1 heterocycles. The van der Waals surface area contributed by atoms with E-state index >= 15 is 0 Å². The maximum absolute atomic E-state index is 8.91. The van der Waals surface area contributed by atoms with Crippen molar-refractivity contribution in [1.82, 2.24) is 4.98 Å². The predicted octanol–water partition coefficient (Wildman–Crippen LogP) is 4.16. The number of rotatable bonds is 1. The maximum Gasteiger partial charge on any atom is 0.101 e. The van der Waals surface area contributed by atoms with Gasteiger partial charge in [0.25, 0.3) is 0 Å². The molecule has 1 aromatic heterocycles. The molecule has 0 spiro atoms. The van der Waals surface area contributed by atoms with E-state index in [0.29, 0.717) is 26.9 Å². The lowest BCUT2D eigenvalue weighted by Crippen LogP contribution is -1.97. The molecule has 0 aliphatic rings. The van der Waals surface area contributed by atoms with Crippen molar-refractivity contribution in [3.05, 3.63) is 45.0 Å². The predicted molar refractivity (Wildman–Crippen MR) is 73.8 cm³/mol. The van der Waals surface area contributed by atoms with Crippen LogP contribution in [0.25, 0.3) is 11.3 Å². The summed E-state index contributed by atoms with van der Waals surface area (Å²) in [4.78, 5) is 4.13. The minimum absolute atomic E-state index is 0.275. The molecule has 2 aromatic rings. The third-order valence-corrected chi connectivity index (χ3v) is 3.56. The number of nitrogens with zero attached hydrogens (tertiary/aromatic N) is 2. The van der Waals surface area contributed by atoms with E-state index < -0.39 is 0 Å². The molecule has 0 saturated heterocycles. The summed E-state index contributed by atoms with van der Waals surface area (Å²) in [6.45, 7) is 0. The van der Waals surface area contributed by atoms with Crippen LogP contribution < -0.4 is 5.73 Å². The molecule has 2 N–H and O–H groups in total. The Morgan fingerprint density at radius 3 is 2.33 bits per heavy atom. The molecule has 0 amide bonds. The Morgan fingerprint density at radius 1 is 1.17 bits per heavy atom. The van der Waals surface area contributed by atoms with Crippen LogP contribution in [0.4, 0.5) is 5.69 Å². The summed E-state index contributed by atoms with van der Waals surface area (Å²) in [6.07, 6.45) is 1.50. The fraction of sp³-hybridized carbons (Fsp3) is 0. The van der Waals surface area contributed by atoms with Crippen LogP contribution in [0.15, 0.2) is 24.4 Å². The molecular formula is C12H6Cl3N3. The quantitative estimate of drug-likeness (QED) is 0.804. The molecule has 6 heteroatoms. The number of nitriles is 1. The second-order valence-corrected chi connectivity index (χ2v) is 4.68. The number of nitrogens with two attached hydrogens (primary N) is 1. The van der Waals surface area contributed by atoms with Gasteiger partial charge in [0.1, 0.15) is 6.07 Å². The van der Waals surface area contributed by atoms with Crippen LogP contribution in [0.2, 0.25) is 15.1 Å². The van der Waals surface area contributed by atoms with Gasteiger partial charge >= 0.3 is 0 Å². The van der Waals surface area contributed by atoms with Gasteiger partial charge in [-0.3, -0.25) is 4.98 Å². The van der Waals surface area contributed by atoms with Crippen molar-refractivity contribution in [2.24, 2.45) is 0 Å². The van der Waals surface area contributed by atoms with Crippen molar-refractivity contribution in [3.63, 3.8) is 0 Å². The first kappa shape index (κ1) is 13.0. The van der Waals surface area contributed by atoms with Crippen LogP contribution >= 0.6 is 34.8 Å². The summed E-state index contributed by atoms with van der Waals surface area (Å²) in [5, 5.41) is 9.80. The fourth-order valence-corrected chi connectivity index (χ4v) is 2.09. The average Bonchev–Trinajstić information content (AvgIpc) is 2.35. The molecule has 0 aliphatic carbocycles. The zero-order valence-corrected chi connectivity index (χ0v) is 11.2. The molecule has 0 radical (unpaired) electrons. The molecule has 3 nitrogen and oxygen atoms in total. The maximum atomic E-state index is 8.91. The van der Waals surface area contributed by atoms with Gasteiger partial charge in [-0.25, -0.2) is 0 Å². The third-order valence-electron chi connectivity index (χ3n) is 2.37. The minimum atomic E-state index is 0.275. The first-order chi connectivity index (χ1) is 8.54. The lowest BCUT2D eigenvalue weighted by atomic mass is 10.1. The van der Waals surface area contributed by atoms with Crippen LogP contribution in [0.1, 0.15) is 5.56 Å². The van der Waals surface area contributed by atoms with Gasteiger partial charge in [0.15, 0.2) is 0 Å². The number of halogens is 3. The summed E-state index contributed by atoms with van der Waals surface area (Å²) in [6, 6.07) is 6.74. The second kappa shape index (κ2) is 5.03. The molecule has 0 aliphatic heterocycles. The van der Waals surface area contributed by atoms with E-state index in [1.165, 1.54) is 12.3 Å². The van der Waals surface area contributed by atoms with Gasteiger partial charge in [0.2, 0.25) is 0 Å². The van der Waals surface area contributed by atoms with Gasteiger partial charge in [-0.15, -0.1) is 0 Å². The third kappa shape index (κ3) is 2.23. The molecule has 0 unspecified atom stereocenters. The summed E-state index contributed by atoms with van der Waals surface area (Å²) < 4.78 is 0. The highest BCUT2D eigenvalue weighted by Crippen LogP contribution is 2.36. The number of aromatic nitrogens is 1. The molecule has 0 bridgehead atoms. The van der Waals surface area contributed by atoms with Crippen molar-refractivity contribution in [2.75, 3.05) is 5.73 Å². The Labute approximate surface area is 119 Å². The molecule has 0 atom stereocenters. The van der Waals surface area contributed by atoms with E-state index in [-0.39, 0.29) is 10.7 Å². The smallest absolute Gasteiger partial charge is 0.101 e. The molecule has 90 valence electrons. The van der Waals surface area contributed by atoms with Crippen molar-refractivity contribution in [2.45, 2.75) is 0 Å². The van der Waals surface area contributed by atoms with Gasteiger partial charge in [-0.1, -0.05) is 34.8 Å². The average molecular weight is 299 g/mol. The molecule has 1 aromatic carbocycles. The first-order valence-corrected chi connectivity index (χ1v) is 5.97. The van der Waals surface area contributed by atoms with Crippen LogP contribution in [0, 0.1) is 11.3 Å². The highest BCUT2D eigenvalue weighted by atomic mass is 35.5. The Bertz CT molecular complexity index is 639. The summed E-state index contributed by atoms with van der Waals surface area (Å²) in [5.41, 5.74) is 7.56. The summed E-state index contributed by atoms with van der Waals surface area (Å²) in [7, 11) is 0. The zero-order valence-electron chi connectivity index (χ0n) is 8.92. The van der Waals surface area contributed by atoms with Crippen molar-refractivity contribution < 1.29 is 0 Å². The van der Waals surface area contributed by atoms with Gasteiger partial charge < -0.3 is 5.73 Å². The summed E-state index contributed by atoms with van der Waals surface area (Å²) in [5.74, 6) is 0. The molecular weight excluding hydrogens is 293 g/mol. The highest BCUT2D eigenvalue weighted by Gasteiger charge is 2.12. The van der Waals surface area contributed by atoms with Gasteiger partial charge in [-0.2, -0.15) is 5.26 Å². The Morgan fingerprint density at radius 2 is 1.78 bits per heavy atom. The zero-order chi connectivity index (χ0) is 13.3. The van der Waals surface area contributed by atoms with E-state index in [2.05, 4.69) is 4.98 Å². The van der Waals surface area contributed by atoms with E-state index in [1.807, 2.05) is 6.07 Å². The van der Waals surface area contributed by atoms with Crippen LogP contribution in [0.3, 0.4) is 0 Å². The van der Waals surface area contributed by atoms with Gasteiger partial charge in [-0.05, 0) is 18.2 Å². The monoisotopic (exact) mass is 297 g/mol. The molecule has 18 heavy (non-hydrogen) atoms. The Kier molecular flexibility index (Phi) is 3.63. The lowest BCUT2D eigenvalue weighted by Gasteiger charge is -2.08.